The summed E-state index contributed by atoms with van der Waals surface area (Å²) in [5.41, 5.74) is -1.21. The van der Waals surface area contributed by atoms with Crippen LogP contribution in [0.5, 0.6) is 28.7 Å². The Kier molecular flexibility index (Phi) is 17.3. The highest BCUT2D eigenvalue weighted by Gasteiger charge is 2.54. The molecule has 4 aromatic rings. The molecule has 4 fully saturated rings. The zero-order valence-electron chi connectivity index (χ0n) is 39.2. The molecule has 0 aliphatic carbocycles. The zero-order valence-corrected chi connectivity index (χ0v) is 39.2. The summed E-state index contributed by atoms with van der Waals surface area (Å²) in [6.07, 6.45) is -34.2. The van der Waals surface area contributed by atoms with E-state index in [0.29, 0.717) is 5.56 Å². The predicted octanol–water partition coefficient (Wildman–Crippen LogP) is -4.13. The number of rotatable bonds is 15. The molecule has 27 heteroatoms. The highest BCUT2D eigenvalue weighted by atomic mass is 16.8. The van der Waals surface area contributed by atoms with Gasteiger partial charge in [0.2, 0.25) is 23.8 Å². The van der Waals surface area contributed by atoms with E-state index in [0.717, 1.165) is 18.2 Å². The van der Waals surface area contributed by atoms with Gasteiger partial charge in [0.25, 0.3) is 0 Å². The van der Waals surface area contributed by atoms with Crippen LogP contribution in [0.4, 0.5) is 0 Å². The van der Waals surface area contributed by atoms with Crippen LogP contribution >= 0.6 is 0 Å². The van der Waals surface area contributed by atoms with Crippen LogP contribution in [0.2, 0.25) is 0 Å². The lowest BCUT2D eigenvalue weighted by Gasteiger charge is -2.46. The first-order chi connectivity index (χ1) is 35.7. The Bertz CT molecular complexity index is 2660. The van der Waals surface area contributed by atoms with Gasteiger partial charge in [-0.05, 0) is 55.0 Å². The van der Waals surface area contributed by atoms with Crippen molar-refractivity contribution in [2.75, 3.05) is 19.8 Å². The molecule has 0 saturated carbocycles. The molecule has 0 radical (unpaired) electrons. The molecule has 3 aromatic carbocycles. The number of phenols is 3. The Labute approximate surface area is 422 Å². The minimum Gasteiger partial charge on any atom is -0.508 e. The summed E-state index contributed by atoms with van der Waals surface area (Å²) in [5, 5.41) is 158. The number of hydrogen-bond donors (Lipinski definition) is 15. The molecule has 5 heterocycles. The molecule has 0 unspecified atom stereocenters. The standard InChI is InChI=1S/C48H56O27/c1-17-30(56)35(61)38(64)45(66-17)75-43-37(63)32(58)26(15-50)70-47(43)74-42-34(60)29-23(54)12-22(13-24(29)68-40(42)19-5-9-21(53)10-6-19)67-48-44(72-28(55)11-4-18-2-7-20(52)8-3-18)41(33(59)27(16-51)71-48)73-46-39(65)36(62)31(57)25(14-49)69-46/h2-13,17,25-27,30-33,35-39,41,43-54,56-59,61-65H,14-16H2,1H3/t17-,25-,26-,27-,30-,31-,32-,33-,35+,36+,37+,38+,39-,41+,43-,44-,45-,46+,47+,48-/m1/s1. The van der Waals surface area contributed by atoms with Crippen LogP contribution in [0.15, 0.2) is 76.0 Å². The first kappa shape index (κ1) is 55.6. The Morgan fingerprint density at radius 3 is 1.71 bits per heavy atom. The van der Waals surface area contributed by atoms with Gasteiger partial charge in [0.15, 0.2) is 30.5 Å². The average molecular weight is 1060 g/mol. The minimum atomic E-state index is -2.05. The summed E-state index contributed by atoms with van der Waals surface area (Å²) in [6, 6.07) is 12.4. The largest absolute Gasteiger partial charge is 0.508 e. The molecule has 20 atom stereocenters. The number of benzene rings is 3. The van der Waals surface area contributed by atoms with Crippen molar-refractivity contribution in [2.24, 2.45) is 0 Å². The van der Waals surface area contributed by atoms with Crippen molar-refractivity contribution in [1.29, 1.82) is 0 Å². The number of esters is 1. The van der Waals surface area contributed by atoms with Gasteiger partial charge in [-0.3, -0.25) is 4.79 Å². The molecule has 410 valence electrons. The number of aliphatic hydroxyl groups excluding tert-OH is 12. The summed E-state index contributed by atoms with van der Waals surface area (Å²) in [6.45, 7) is -1.42. The van der Waals surface area contributed by atoms with Crippen molar-refractivity contribution in [1.82, 2.24) is 0 Å². The topological polar surface area (TPSA) is 434 Å². The van der Waals surface area contributed by atoms with Gasteiger partial charge in [-0.1, -0.05) is 12.1 Å². The van der Waals surface area contributed by atoms with Crippen LogP contribution in [-0.2, 0) is 38.0 Å². The third-order valence-electron chi connectivity index (χ3n) is 12.9. The number of aromatic hydroxyl groups is 3. The second kappa shape index (κ2) is 23.3. The van der Waals surface area contributed by atoms with Crippen molar-refractivity contribution in [3.8, 4) is 40.1 Å². The summed E-state index contributed by atoms with van der Waals surface area (Å²) in [4.78, 5) is 28.2. The van der Waals surface area contributed by atoms with Gasteiger partial charge in [-0.25, -0.2) is 4.79 Å². The molecule has 0 spiro atoms. The smallest absolute Gasteiger partial charge is 0.331 e. The fourth-order valence-electron chi connectivity index (χ4n) is 8.74. The van der Waals surface area contributed by atoms with Crippen LogP contribution < -0.4 is 14.9 Å². The first-order valence-electron chi connectivity index (χ1n) is 23.3. The SMILES string of the molecule is C[C@H]1O[C@H](O[C@H]2[C@H](Oc3c(-c4ccc(O)cc4)oc4cc(O[C@@H]5O[C@H](CO)[C@@H](O)[C@H](O[C@@H]6O[C@H](CO)[C@@H](O)[C@H](O)[C@H]6O)[C@H]5OC(=O)C=Cc5ccc(O)cc5)cc(O)c4c3=O)O[C@H](CO)[C@@H](O)[C@@H]2O)[C@@H](O)[C@@H](O)[C@@H]1O. The monoisotopic (exact) mass is 1060 g/mol. The van der Waals surface area contributed by atoms with Gasteiger partial charge < -0.3 is 124 Å². The third-order valence-corrected chi connectivity index (χ3v) is 12.9. The number of carbonyl (C=O) groups excluding carboxylic acids is 1. The molecule has 27 nitrogen and oxygen atoms in total. The molecule has 1 aromatic heterocycles. The normalized spacial score (nSPS) is 36.3. The second-order valence-corrected chi connectivity index (χ2v) is 18.0. The maximum Gasteiger partial charge on any atom is 0.331 e. The molecule has 4 aliphatic rings. The van der Waals surface area contributed by atoms with E-state index in [1.807, 2.05) is 0 Å². The lowest BCUT2D eigenvalue weighted by Crippen LogP contribution is -2.65. The molecular weight excluding hydrogens is 1010 g/mol. The molecule has 4 saturated heterocycles. The predicted molar refractivity (Wildman–Crippen MR) is 245 cm³/mol. The van der Waals surface area contributed by atoms with E-state index in [9.17, 15) is 86.2 Å². The minimum absolute atomic E-state index is 0.00746. The highest BCUT2D eigenvalue weighted by Crippen LogP contribution is 2.40. The van der Waals surface area contributed by atoms with Crippen molar-refractivity contribution >= 4 is 23.0 Å². The number of hydrogen-bond acceptors (Lipinski definition) is 27. The van der Waals surface area contributed by atoms with Crippen molar-refractivity contribution in [3.05, 3.63) is 82.5 Å². The van der Waals surface area contributed by atoms with Gasteiger partial charge in [-0.15, -0.1) is 0 Å². The molecule has 75 heavy (non-hydrogen) atoms. The molecular formula is C48H56O27. The van der Waals surface area contributed by atoms with Crippen LogP contribution in [0.25, 0.3) is 28.4 Å². The summed E-state index contributed by atoms with van der Waals surface area (Å²) in [5.74, 6) is -4.02. The summed E-state index contributed by atoms with van der Waals surface area (Å²) in [7, 11) is 0. The number of fused-ring (bicyclic) bond motifs is 1. The van der Waals surface area contributed by atoms with E-state index < -0.39 is 188 Å². The lowest BCUT2D eigenvalue weighted by atomic mass is 9.96. The van der Waals surface area contributed by atoms with Gasteiger partial charge in [0.1, 0.15) is 113 Å². The molecule has 0 bridgehead atoms. The van der Waals surface area contributed by atoms with E-state index in [2.05, 4.69) is 0 Å². The number of carbonyl (C=O) groups is 1. The van der Waals surface area contributed by atoms with Crippen LogP contribution in [0.3, 0.4) is 0 Å². The van der Waals surface area contributed by atoms with E-state index in [1.54, 1.807) is 0 Å². The fraction of sp³-hybridized carbons (Fsp3) is 0.500. The third kappa shape index (κ3) is 11.6. The number of phenolic OH excluding ortho intramolecular Hbond substituents is 3. The van der Waals surface area contributed by atoms with E-state index in [-0.39, 0.29) is 17.1 Å². The molecule has 15 N–H and O–H groups in total. The lowest BCUT2D eigenvalue weighted by molar-refractivity contribution is -0.354. The summed E-state index contributed by atoms with van der Waals surface area (Å²) < 4.78 is 58.4. The zero-order chi connectivity index (χ0) is 54.2. The van der Waals surface area contributed by atoms with Crippen LogP contribution in [0, 0.1) is 0 Å². The van der Waals surface area contributed by atoms with Gasteiger partial charge in [0, 0.05) is 23.8 Å². The highest BCUT2D eigenvalue weighted by molar-refractivity contribution is 5.89. The van der Waals surface area contributed by atoms with Crippen molar-refractivity contribution in [3.63, 3.8) is 0 Å². The number of aliphatic hydroxyl groups is 12. The van der Waals surface area contributed by atoms with Crippen molar-refractivity contribution in [2.45, 2.75) is 130 Å². The van der Waals surface area contributed by atoms with Crippen molar-refractivity contribution < 1.29 is 128 Å². The van der Waals surface area contributed by atoms with Gasteiger partial charge in [-0.2, -0.15) is 0 Å². The fourth-order valence-corrected chi connectivity index (χ4v) is 8.74. The first-order valence-corrected chi connectivity index (χ1v) is 23.3. The van der Waals surface area contributed by atoms with Crippen LogP contribution in [0.1, 0.15) is 12.5 Å². The summed E-state index contributed by atoms with van der Waals surface area (Å²) >= 11 is 0. The van der Waals surface area contributed by atoms with E-state index in [4.69, 9.17) is 47.0 Å². The number of ether oxygens (including phenoxy) is 9. The second-order valence-electron chi connectivity index (χ2n) is 18.0. The molecule has 0 amide bonds. The molecule has 4 aliphatic heterocycles. The van der Waals surface area contributed by atoms with Gasteiger partial charge >= 0.3 is 5.97 Å². The van der Waals surface area contributed by atoms with Crippen LogP contribution in [-0.4, -0.2) is 225 Å². The Morgan fingerprint density at radius 1 is 0.573 bits per heavy atom. The van der Waals surface area contributed by atoms with E-state index in [1.165, 1.54) is 61.5 Å². The van der Waals surface area contributed by atoms with E-state index >= 15 is 0 Å². The Morgan fingerprint density at radius 2 is 1.09 bits per heavy atom. The maximum atomic E-state index is 14.7. The Balaban J connectivity index is 1.17. The average Bonchev–Trinajstić information content (AvgIpc) is 3.39. The molecule has 8 rings (SSSR count). The quantitative estimate of drug-likeness (QED) is 0.0397. The Hall–Kier alpha value is -5.64. The van der Waals surface area contributed by atoms with Gasteiger partial charge in [0.05, 0.1) is 25.9 Å². The maximum absolute atomic E-state index is 14.7.